The van der Waals surface area contributed by atoms with E-state index in [1.54, 1.807) is 21.1 Å². The number of hydrogen-bond acceptors (Lipinski definition) is 4. The van der Waals surface area contributed by atoms with E-state index in [0.717, 1.165) is 0 Å². The predicted molar refractivity (Wildman–Crippen MR) is 63.1 cm³/mol. The molecule has 2 atom stereocenters. The van der Waals surface area contributed by atoms with Crippen LogP contribution in [0.25, 0.3) is 0 Å². The smallest absolute Gasteiger partial charge is 0.328 e. The highest BCUT2D eigenvalue weighted by atomic mass is 16.5. The van der Waals surface area contributed by atoms with Crippen LogP contribution in [0.5, 0.6) is 0 Å². The van der Waals surface area contributed by atoms with Crippen LogP contribution in [0, 0.1) is 0 Å². The van der Waals surface area contributed by atoms with Crippen molar-refractivity contribution in [1.29, 1.82) is 0 Å². The Hall–Kier alpha value is -1.40. The fourth-order valence-electron chi connectivity index (χ4n) is 1.57. The van der Waals surface area contributed by atoms with Crippen LogP contribution in [0.2, 0.25) is 0 Å². The summed E-state index contributed by atoms with van der Waals surface area (Å²) in [5, 5.41) is 0. The molecule has 0 aliphatic heterocycles. The van der Waals surface area contributed by atoms with Gasteiger partial charge in [0.25, 0.3) is 5.56 Å². The Morgan fingerprint density at radius 2 is 2.06 bits per heavy atom. The van der Waals surface area contributed by atoms with Gasteiger partial charge in [-0.25, -0.2) is 4.79 Å². The quantitative estimate of drug-likeness (QED) is 0.799. The van der Waals surface area contributed by atoms with Crippen molar-refractivity contribution in [2.75, 3.05) is 13.7 Å². The Morgan fingerprint density at radius 1 is 1.41 bits per heavy atom. The lowest BCUT2D eigenvalue weighted by Gasteiger charge is -2.18. The van der Waals surface area contributed by atoms with Crippen molar-refractivity contribution in [2.45, 2.75) is 26.1 Å². The maximum absolute atomic E-state index is 11.6. The van der Waals surface area contributed by atoms with Crippen LogP contribution < -0.4 is 11.2 Å². The van der Waals surface area contributed by atoms with Crippen LogP contribution in [0.3, 0.4) is 0 Å². The number of H-pyrrole nitrogens is 1. The molecule has 0 spiro atoms. The fourth-order valence-corrected chi connectivity index (χ4v) is 1.57. The minimum atomic E-state index is -0.434. The van der Waals surface area contributed by atoms with E-state index in [1.165, 1.54) is 10.8 Å². The Bertz CT molecular complexity index is 477. The van der Waals surface area contributed by atoms with Crippen molar-refractivity contribution >= 4 is 0 Å². The average molecular weight is 242 g/mol. The van der Waals surface area contributed by atoms with Crippen molar-refractivity contribution in [3.8, 4) is 0 Å². The van der Waals surface area contributed by atoms with Gasteiger partial charge in [-0.1, -0.05) is 0 Å². The van der Waals surface area contributed by atoms with Gasteiger partial charge in [0, 0.05) is 20.4 Å². The molecule has 1 rings (SSSR count). The third-order valence-electron chi connectivity index (χ3n) is 2.41. The van der Waals surface area contributed by atoms with E-state index in [0.29, 0.717) is 12.2 Å². The van der Waals surface area contributed by atoms with Crippen LogP contribution in [0.15, 0.2) is 15.8 Å². The van der Waals surface area contributed by atoms with E-state index in [1.807, 2.05) is 6.92 Å². The molecule has 2 unspecified atom stereocenters. The van der Waals surface area contributed by atoms with Gasteiger partial charge in [0.15, 0.2) is 0 Å². The number of hydrogen-bond donors (Lipinski definition) is 1. The molecule has 0 fully saturated rings. The Balaban J connectivity index is 2.89. The molecular weight excluding hydrogens is 224 g/mol. The highest BCUT2D eigenvalue weighted by Crippen LogP contribution is 2.13. The summed E-state index contributed by atoms with van der Waals surface area (Å²) >= 11 is 0. The van der Waals surface area contributed by atoms with Crippen molar-refractivity contribution in [2.24, 2.45) is 7.05 Å². The molecule has 6 nitrogen and oxygen atoms in total. The zero-order valence-corrected chi connectivity index (χ0v) is 10.5. The summed E-state index contributed by atoms with van der Waals surface area (Å²) in [5.74, 6) is 0. The van der Waals surface area contributed by atoms with Gasteiger partial charge in [-0.05, 0) is 13.8 Å². The first-order chi connectivity index (χ1) is 7.95. The zero-order valence-electron chi connectivity index (χ0n) is 10.5. The van der Waals surface area contributed by atoms with Crippen molar-refractivity contribution < 1.29 is 9.47 Å². The predicted octanol–water partition coefficient (Wildman–Crippen LogP) is 0.186. The molecule has 17 heavy (non-hydrogen) atoms. The monoisotopic (exact) mass is 242 g/mol. The number of aryl methyl sites for hydroxylation is 1. The van der Waals surface area contributed by atoms with E-state index in [-0.39, 0.29) is 6.10 Å². The minimum Gasteiger partial charge on any atom is -0.382 e. The van der Waals surface area contributed by atoms with Gasteiger partial charge in [-0.15, -0.1) is 0 Å². The molecule has 1 N–H and O–H groups in total. The van der Waals surface area contributed by atoms with Gasteiger partial charge in [-0.2, -0.15) is 0 Å². The molecule has 0 saturated heterocycles. The lowest BCUT2D eigenvalue weighted by atomic mass is 10.2. The zero-order chi connectivity index (χ0) is 13.0. The van der Waals surface area contributed by atoms with E-state index >= 15 is 0 Å². The van der Waals surface area contributed by atoms with E-state index in [9.17, 15) is 9.59 Å². The first-order valence-electron chi connectivity index (χ1n) is 5.40. The normalized spacial score (nSPS) is 14.6. The number of ether oxygens (including phenoxy) is 2. The first-order valence-corrected chi connectivity index (χ1v) is 5.40. The topological polar surface area (TPSA) is 73.3 Å². The second-order valence-electron chi connectivity index (χ2n) is 4.00. The van der Waals surface area contributed by atoms with Gasteiger partial charge in [0.2, 0.25) is 0 Å². The Kier molecular flexibility index (Phi) is 4.65. The van der Waals surface area contributed by atoms with Crippen LogP contribution >= 0.6 is 0 Å². The number of aromatic nitrogens is 2. The van der Waals surface area contributed by atoms with Crippen LogP contribution in [-0.2, 0) is 16.5 Å². The molecule has 1 aromatic rings. The molecule has 6 heteroatoms. The molecule has 1 heterocycles. The van der Waals surface area contributed by atoms with Gasteiger partial charge in [0.1, 0.15) is 0 Å². The molecule has 1 aromatic heterocycles. The van der Waals surface area contributed by atoms with Gasteiger partial charge in [-0.3, -0.25) is 9.78 Å². The Morgan fingerprint density at radius 3 is 2.65 bits per heavy atom. The third-order valence-corrected chi connectivity index (χ3v) is 2.41. The molecular formula is C11H18N2O4. The molecule has 0 radical (unpaired) electrons. The van der Waals surface area contributed by atoms with Crippen LogP contribution in [-0.4, -0.2) is 29.4 Å². The first kappa shape index (κ1) is 13.7. The maximum atomic E-state index is 11.6. The fraction of sp³-hybridized carbons (Fsp3) is 0.636. The summed E-state index contributed by atoms with van der Waals surface area (Å²) in [6.45, 7) is 4.07. The van der Waals surface area contributed by atoms with Crippen molar-refractivity contribution in [3.05, 3.63) is 32.6 Å². The largest absolute Gasteiger partial charge is 0.382 e. The second-order valence-corrected chi connectivity index (χ2v) is 4.00. The van der Waals surface area contributed by atoms with Gasteiger partial charge < -0.3 is 14.0 Å². The van der Waals surface area contributed by atoms with Crippen molar-refractivity contribution in [1.82, 2.24) is 9.55 Å². The van der Waals surface area contributed by atoms with E-state index < -0.39 is 17.4 Å². The number of rotatable bonds is 5. The molecule has 0 aromatic carbocycles. The summed E-state index contributed by atoms with van der Waals surface area (Å²) < 4.78 is 11.9. The molecule has 0 saturated carbocycles. The average Bonchev–Trinajstić information content (AvgIpc) is 2.23. The minimum absolute atomic E-state index is 0.119. The van der Waals surface area contributed by atoms with E-state index in [2.05, 4.69) is 4.98 Å². The molecule has 0 aliphatic carbocycles. The summed E-state index contributed by atoms with van der Waals surface area (Å²) in [5.41, 5.74) is -0.420. The number of nitrogens with one attached hydrogen (secondary N) is 1. The van der Waals surface area contributed by atoms with Crippen LogP contribution in [0.4, 0.5) is 0 Å². The SMILES string of the molecule is COCC(C)OC(C)c1cn(C)c(=O)[nH]c1=O. The summed E-state index contributed by atoms with van der Waals surface area (Å²) in [6.07, 6.45) is 0.980. The van der Waals surface area contributed by atoms with Crippen LogP contribution in [0.1, 0.15) is 25.5 Å². The highest BCUT2D eigenvalue weighted by molar-refractivity contribution is 5.07. The summed E-state index contributed by atoms with van der Waals surface area (Å²) in [6, 6.07) is 0. The third kappa shape index (κ3) is 3.54. The number of aromatic amines is 1. The maximum Gasteiger partial charge on any atom is 0.328 e. The molecule has 0 bridgehead atoms. The van der Waals surface area contributed by atoms with Gasteiger partial charge >= 0.3 is 5.69 Å². The van der Waals surface area contributed by atoms with Gasteiger partial charge in [0.05, 0.1) is 24.4 Å². The Labute approximate surface area is 99.2 Å². The number of methoxy groups -OCH3 is 1. The summed E-state index contributed by atoms with van der Waals surface area (Å²) in [4.78, 5) is 25.0. The second kappa shape index (κ2) is 5.79. The van der Waals surface area contributed by atoms with E-state index in [4.69, 9.17) is 9.47 Å². The standard InChI is InChI=1S/C11H18N2O4/c1-7(6-16-4)17-8(2)9-5-13(3)11(15)12-10(9)14/h5,7-8H,6H2,1-4H3,(H,12,14,15). The number of nitrogens with zero attached hydrogens (tertiary/aromatic N) is 1. The lowest BCUT2D eigenvalue weighted by Crippen LogP contribution is -2.32. The molecule has 0 amide bonds. The van der Waals surface area contributed by atoms with Crippen molar-refractivity contribution in [3.63, 3.8) is 0 Å². The molecule has 96 valence electrons. The summed E-state index contributed by atoms with van der Waals surface area (Å²) in [7, 11) is 3.16. The lowest BCUT2D eigenvalue weighted by molar-refractivity contribution is -0.0331. The highest BCUT2D eigenvalue weighted by Gasteiger charge is 2.15. The molecule has 0 aliphatic rings.